The van der Waals surface area contributed by atoms with Crippen molar-refractivity contribution >= 4 is 5.91 Å². The number of hydrogen-bond acceptors (Lipinski definition) is 5. The average molecular weight is 329 g/mol. The Bertz CT molecular complexity index is 671. The lowest BCUT2D eigenvalue weighted by molar-refractivity contribution is -0.132. The summed E-state index contributed by atoms with van der Waals surface area (Å²) in [5.74, 6) is 0.859. The van der Waals surface area contributed by atoms with Crippen LogP contribution in [0.4, 0.5) is 0 Å². The molecule has 24 heavy (non-hydrogen) atoms. The number of carbonyl (C=O) groups is 1. The third kappa shape index (κ3) is 4.01. The standard InChI is InChI=1S/C18H23N3O3/c1-21(18(23)17-10-14(22)12-19-17)9-5-8-15-11-16(20-24-15)13-6-3-2-4-7-13/h2-4,6-7,11,14,17,19,22H,5,8-10,12H2,1H3/t14-,17+/m0/s1. The first-order valence-electron chi connectivity index (χ1n) is 8.31. The predicted octanol–water partition coefficient (Wildman–Crippen LogP) is 1.46. The zero-order valence-electron chi connectivity index (χ0n) is 13.8. The van der Waals surface area contributed by atoms with Gasteiger partial charge in [0.25, 0.3) is 0 Å². The smallest absolute Gasteiger partial charge is 0.239 e. The first kappa shape index (κ1) is 16.7. The van der Waals surface area contributed by atoms with Crippen molar-refractivity contribution in [2.75, 3.05) is 20.1 Å². The molecule has 2 aromatic rings. The van der Waals surface area contributed by atoms with Gasteiger partial charge in [-0.3, -0.25) is 4.79 Å². The molecule has 6 nitrogen and oxygen atoms in total. The fraction of sp³-hybridized carbons (Fsp3) is 0.444. The first-order chi connectivity index (χ1) is 11.6. The molecular weight excluding hydrogens is 306 g/mol. The molecule has 1 aromatic carbocycles. The maximum Gasteiger partial charge on any atom is 0.239 e. The number of benzene rings is 1. The summed E-state index contributed by atoms with van der Waals surface area (Å²) >= 11 is 0. The van der Waals surface area contributed by atoms with Gasteiger partial charge in [-0.1, -0.05) is 35.5 Å². The van der Waals surface area contributed by atoms with Crippen LogP contribution in [0.25, 0.3) is 11.3 Å². The SMILES string of the molecule is CN(CCCc1cc(-c2ccccc2)no1)C(=O)[C@H]1C[C@H](O)CN1. The molecule has 6 heteroatoms. The van der Waals surface area contributed by atoms with Crippen LogP contribution in [-0.4, -0.2) is 53.4 Å². The highest BCUT2D eigenvalue weighted by molar-refractivity contribution is 5.82. The molecule has 1 aliphatic rings. The van der Waals surface area contributed by atoms with Crippen molar-refractivity contribution in [1.82, 2.24) is 15.4 Å². The number of likely N-dealkylation sites (N-methyl/N-ethyl adjacent to an activating group) is 1. The molecule has 0 bridgehead atoms. The van der Waals surface area contributed by atoms with Crippen LogP contribution >= 0.6 is 0 Å². The zero-order valence-corrected chi connectivity index (χ0v) is 13.8. The molecule has 0 radical (unpaired) electrons. The van der Waals surface area contributed by atoms with Crippen molar-refractivity contribution in [1.29, 1.82) is 0 Å². The van der Waals surface area contributed by atoms with Gasteiger partial charge in [-0.15, -0.1) is 0 Å². The van der Waals surface area contributed by atoms with Gasteiger partial charge < -0.3 is 19.8 Å². The number of β-amino-alcohol motifs (C(OH)–C–C–N with tert-alkyl or cyclic N) is 1. The zero-order chi connectivity index (χ0) is 16.9. The van der Waals surface area contributed by atoms with Crippen LogP contribution in [-0.2, 0) is 11.2 Å². The summed E-state index contributed by atoms with van der Waals surface area (Å²) in [6.45, 7) is 1.14. The topological polar surface area (TPSA) is 78.6 Å². The van der Waals surface area contributed by atoms with E-state index < -0.39 is 6.10 Å². The number of aliphatic hydroxyl groups is 1. The highest BCUT2D eigenvalue weighted by atomic mass is 16.5. The number of aryl methyl sites for hydroxylation is 1. The second-order valence-electron chi connectivity index (χ2n) is 6.26. The van der Waals surface area contributed by atoms with Crippen molar-refractivity contribution in [2.45, 2.75) is 31.4 Å². The fourth-order valence-electron chi connectivity index (χ4n) is 2.95. The largest absolute Gasteiger partial charge is 0.392 e. The van der Waals surface area contributed by atoms with Crippen LogP contribution in [0.3, 0.4) is 0 Å². The molecule has 1 aromatic heterocycles. The summed E-state index contributed by atoms with van der Waals surface area (Å²) in [6, 6.07) is 11.6. The van der Waals surface area contributed by atoms with Gasteiger partial charge >= 0.3 is 0 Å². The minimum Gasteiger partial charge on any atom is -0.392 e. The minimum atomic E-state index is -0.419. The van der Waals surface area contributed by atoms with Crippen molar-refractivity contribution in [3.05, 3.63) is 42.2 Å². The van der Waals surface area contributed by atoms with E-state index in [9.17, 15) is 9.90 Å². The number of aromatic nitrogens is 1. The lowest BCUT2D eigenvalue weighted by Crippen LogP contribution is -2.42. The second kappa shape index (κ2) is 7.59. The quantitative estimate of drug-likeness (QED) is 0.839. The molecule has 2 atom stereocenters. The highest BCUT2D eigenvalue weighted by Crippen LogP contribution is 2.19. The third-order valence-electron chi connectivity index (χ3n) is 4.33. The number of amides is 1. The number of carbonyl (C=O) groups excluding carboxylic acids is 1. The third-order valence-corrected chi connectivity index (χ3v) is 4.33. The molecule has 0 aliphatic carbocycles. The molecule has 128 valence electrons. The Morgan fingerprint density at radius 3 is 2.92 bits per heavy atom. The number of rotatable bonds is 6. The Balaban J connectivity index is 1.46. The molecule has 1 amide bonds. The number of nitrogens with one attached hydrogen (secondary N) is 1. The Morgan fingerprint density at radius 1 is 1.42 bits per heavy atom. The van der Waals surface area contributed by atoms with Gasteiger partial charge in [-0.2, -0.15) is 0 Å². The van der Waals surface area contributed by atoms with E-state index in [1.54, 1.807) is 11.9 Å². The summed E-state index contributed by atoms with van der Waals surface area (Å²) < 4.78 is 5.38. The second-order valence-corrected chi connectivity index (χ2v) is 6.26. The van der Waals surface area contributed by atoms with Gasteiger partial charge in [-0.05, 0) is 12.8 Å². The van der Waals surface area contributed by atoms with E-state index in [2.05, 4.69) is 10.5 Å². The maximum atomic E-state index is 12.2. The Hall–Kier alpha value is -2.18. The van der Waals surface area contributed by atoms with Gasteiger partial charge in [0.1, 0.15) is 11.5 Å². The molecular formula is C18H23N3O3. The van der Waals surface area contributed by atoms with E-state index in [0.717, 1.165) is 29.9 Å². The van der Waals surface area contributed by atoms with E-state index in [1.165, 1.54) is 0 Å². The summed E-state index contributed by atoms with van der Waals surface area (Å²) in [7, 11) is 1.80. The van der Waals surface area contributed by atoms with Gasteiger partial charge in [0.15, 0.2) is 0 Å². The Kier molecular flexibility index (Phi) is 5.27. The van der Waals surface area contributed by atoms with Gasteiger partial charge in [-0.25, -0.2) is 0 Å². The monoisotopic (exact) mass is 329 g/mol. The molecule has 3 rings (SSSR count). The summed E-state index contributed by atoms with van der Waals surface area (Å²) in [5.41, 5.74) is 1.87. The van der Waals surface area contributed by atoms with E-state index in [0.29, 0.717) is 19.5 Å². The maximum absolute atomic E-state index is 12.2. The van der Waals surface area contributed by atoms with Crippen molar-refractivity contribution < 1.29 is 14.4 Å². The number of aliphatic hydroxyl groups excluding tert-OH is 1. The summed E-state index contributed by atoms with van der Waals surface area (Å²) in [4.78, 5) is 14.0. The van der Waals surface area contributed by atoms with Crippen LogP contribution in [0.2, 0.25) is 0 Å². The molecule has 2 N–H and O–H groups in total. The van der Waals surface area contributed by atoms with Crippen molar-refractivity contribution in [2.24, 2.45) is 0 Å². The predicted molar refractivity (Wildman–Crippen MR) is 90.3 cm³/mol. The minimum absolute atomic E-state index is 0.0362. The molecule has 0 unspecified atom stereocenters. The normalized spacial score (nSPS) is 20.2. The molecule has 1 aliphatic heterocycles. The van der Waals surface area contributed by atoms with Gasteiger partial charge in [0.05, 0.1) is 12.1 Å². The molecule has 0 spiro atoms. The lowest BCUT2D eigenvalue weighted by Gasteiger charge is -2.20. The van der Waals surface area contributed by atoms with Crippen LogP contribution in [0.15, 0.2) is 40.9 Å². The first-order valence-corrected chi connectivity index (χ1v) is 8.31. The van der Waals surface area contributed by atoms with Crippen LogP contribution < -0.4 is 5.32 Å². The number of nitrogens with zero attached hydrogens (tertiary/aromatic N) is 2. The molecule has 2 heterocycles. The van der Waals surface area contributed by atoms with Crippen molar-refractivity contribution in [3.8, 4) is 11.3 Å². The molecule has 1 fully saturated rings. The fourth-order valence-corrected chi connectivity index (χ4v) is 2.95. The summed E-state index contributed by atoms with van der Waals surface area (Å²) in [5, 5.41) is 16.6. The average Bonchev–Trinajstić information content (AvgIpc) is 3.24. The van der Waals surface area contributed by atoms with Crippen molar-refractivity contribution in [3.63, 3.8) is 0 Å². The summed E-state index contributed by atoms with van der Waals surface area (Å²) in [6.07, 6.45) is 1.61. The molecule has 0 saturated carbocycles. The Morgan fingerprint density at radius 2 is 2.21 bits per heavy atom. The molecule has 1 saturated heterocycles. The lowest BCUT2D eigenvalue weighted by atomic mass is 10.1. The van der Waals surface area contributed by atoms with E-state index in [4.69, 9.17) is 4.52 Å². The highest BCUT2D eigenvalue weighted by Gasteiger charge is 2.29. The van der Waals surface area contributed by atoms with E-state index >= 15 is 0 Å². The van der Waals surface area contributed by atoms with Gasteiger partial charge in [0.2, 0.25) is 5.91 Å². The Labute approximate surface area is 141 Å². The van der Waals surface area contributed by atoms with E-state index in [-0.39, 0.29) is 11.9 Å². The van der Waals surface area contributed by atoms with Crippen LogP contribution in [0.5, 0.6) is 0 Å². The van der Waals surface area contributed by atoms with Crippen LogP contribution in [0.1, 0.15) is 18.6 Å². The van der Waals surface area contributed by atoms with Gasteiger partial charge in [0, 0.05) is 38.2 Å². The van der Waals surface area contributed by atoms with E-state index in [1.807, 2.05) is 36.4 Å². The number of hydrogen-bond donors (Lipinski definition) is 2. The van der Waals surface area contributed by atoms with Crippen LogP contribution in [0, 0.1) is 0 Å².